The van der Waals surface area contributed by atoms with Crippen molar-refractivity contribution in [1.82, 2.24) is 4.90 Å². The van der Waals surface area contributed by atoms with Crippen LogP contribution in [0.4, 0.5) is 0 Å². The van der Waals surface area contributed by atoms with Gasteiger partial charge in [-0.15, -0.1) is 0 Å². The summed E-state index contributed by atoms with van der Waals surface area (Å²) in [7, 11) is 0. The Kier molecular flexibility index (Phi) is 6.55. The number of nitrogens with two attached hydrogens (primary N) is 2. The van der Waals surface area contributed by atoms with Gasteiger partial charge in [0.15, 0.2) is 0 Å². The van der Waals surface area contributed by atoms with Gasteiger partial charge < -0.3 is 16.4 Å². The molecule has 0 amide bonds. The van der Waals surface area contributed by atoms with Crippen LogP contribution in [0.5, 0.6) is 0 Å². The van der Waals surface area contributed by atoms with Crippen molar-refractivity contribution in [1.29, 1.82) is 0 Å². The molecule has 4 N–H and O–H groups in total. The topological polar surface area (TPSA) is 55.3 Å². The fourth-order valence-corrected chi connectivity index (χ4v) is 1.81. The van der Waals surface area contributed by atoms with Gasteiger partial charge in [-0.2, -0.15) is 0 Å². The molecule has 0 atom stereocenters. The van der Waals surface area contributed by atoms with Crippen LogP contribution in [-0.2, 0) is 6.42 Å². The van der Waals surface area contributed by atoms with E-state index in [1.807, 2.05) is 6.08 Å². The van der Waals surface area contributed by atoms with Crippen molar-refractivity contribution in [2.24, 2.45) is 11.5 Å². The average Bonchev–Trinajstić information content (AvgIpc) is 2.37. The Morgan fingerprint density at radius 3 is 2.06 bits per heavy atom. The summed E-state index contributed by atoms with van der Waals surface area (Å²) >= 11 is 0. The molecule has 94 valence electrons. The van der Waals surface area contributed by atoms with Gasteiger partial charge in [-0.25, -0.2) is 0 Å². The minimum absolute atomic E-state index is 0.690. The van der Waals surface area contributed by atoms with E-state index in [2.05, 4.69) is 35.7 Å². The van der Waals surface area contributed by atoms with Gasteiger partial charge >= 0.3 is 0 Å². The third kappa shape index (κ3) is 5.13. The van der Waals surface area contributed by atoms with Gasteiger partial charge in [0, 0.05) is 32.7 Å². The number of nitrogens with zero attached hydrogens (tertiary/aromatic N) is 1. The van der Waals surface area contributed by atoms with Crippen molar-refractivity contribution in [2.75, 3.05) is 32.7 Å². The fraction of sp³-hybridized carbons (Fsp3) is 0.429. The Bertz CT molecular complexity index is 313. The van der Waals surface area contributed by atoms with Crippen LogP contribution in [0.3, 0.4) is 0 Å². The largest absolute Gasteiger partial charge is 0.329 e. The highest BCUT2D eigenvalue weighted by Gasteiger charge is 2.02. The standard InChI is InChI=1S/C14H23N3/c1-2-13-3-5-14(6-4-13)7-10-17(11-8-15)12-9-16/h2-6H,1,7-12,15-16H2. The van der Waals surface area contributed by atoms with Crippen LogP contribution in [0, 0.1) is 0 Å². The second-order valence-corrected chi connectivity index (χ2v) is 4.11. The van der Waals surface area contributed by atoms with Gasteiger partial charge in [-0.3, -0.25) is 0 Å². The summed E-state index contributed by atoms with van der Waals surface area (Å²) in [5, 5.41) is 0. The van der Waals surface area contributed by atoms with E-state index in [-0.39, 0.29) is 0 Å². The smallest absolute Gasteiger partial charge is 0.0105 e. The van der Waals surface area contributed by atoms with Gasteiger partial charge in [0.2, 0.25) is 0 Å². The minimum Gasteiger partial charge on any atom is -0.329 e. The lowest BCUT2D eigenvalue weighted by Crippen LogP contribution is -2.35. The summed E-state index contributed by atoms with van der Waals surface area (Å²) in [5.41, 5.74) is 13.6. The first-order valence-corrected chi connectivity index (χ1v) is 6.14. The van der Waals surface area contributed by atoms with E-state index in [0.29, 0.717) is 13.1 Å². The van der Waals surface area contributed by atoms with E-state index in [1.54, 1.807) is 0 Å². The van der Waals surface area contributed by atoms with Gasteiger partial charge in [-0.05, 0) is 17.5 Å². The molecule has 0 aliphatic heterocycles. The maximum atomic E-state index is 5.57. The normalized spacial score (nSPS) is 10.8. The molecule has 3 heteroatoms. The van der Waals surface area contributed by atoms with Crippen LogP contribution >= 0.6 is 0 Å². The molecular weight excluding hydrogens is 210 g/mol. The predicted molar refractivity (Wildman–Crippen MR) is 74.8 cm³/mol. The second-order valence-electron chi connectivity index (χ2n) is 4.11. The zero-order chi connectivity index (χ0) is 12.5. The molecule has 0 aliphatic rings. The van der Waals surface area contributed by atoms with E-state index >= 15 is 0 Å². The molecule has 1 aromatic carbocycles. The third-order valence-corrected chi connectivity index (χ3v) is 2.82. The van der Waals surface area contributed by atoms with Crippen LogP contribution in [0.25, 0.3) is 6.08 Å². The van der Waals surface area contributed by atoms with Crippen LogP contribution in [-0.4, -0.2) is 37.6 Å². The molecule has 0 unspecified atom stereocenters. The van der Waals surface area contributed by atoms with E-state index in [9.17, 15) is 0 Å². The van der Waals surface area contributed by atoms with Gasteiger partial charge in [0.05, 0.1) is 0 Å². The average molecular weight is 233 g/mol. The van der Waals surface area contributed by atoms with E-state index in [4.69, 9.17) is 11.5 Å². The van der Waals surface area contributed by atoms with E-state index in [1.165, 1.54) is 5.56 Å². The molecule has 0 aromatic heterocycles. The Morgan fingerprint density at radius 2 is 1.59 bits per heavy atom. The number of rotatable bonds is 8. The molecule has 0 bridgehead atoms. The number of benzene rings is 1. The van der Waals surface area contributed by atoms with E-state index < -0.39 is 0 Å². The van der Waals surface area contributed by atoms with Crippen LogP contribution in [0.1, 0.15) is 11.1 Å². The minimum atomic E-state index is 0.690. The first kappa shape index (κ1) is 13.9. The molecule has 17 heavy (non-hydrogen) atoms. The Balaban J connectivity index is 2.43. The molecule has 0 radical (unpaired) electrons. The third-order valence-electron chi connectivity index (χ3n) is 2.82. The lowest BCUT2D eigenvalue weighted by Gasteiger charge is -2.20. The van der Waals surface area contributed by atoms with Crippen molar-refractivity contribution >= 4 is 6.08 Å². The summed E-state index contributed by atoms with van der Waals surface area (Å²) in [5.74, 6) is 0. The number of hydrogen-bond acceptors (Lipinski definition) is 3. The zero-order valence-electron chi connectivity index (χ0n) is 10.4. The zero-order valence-corrected chi connectivity index (χ0v) is 10.4. The van der Waals surface area contributed by atoms with Gasteiger partial charge in [-0.1, -0.05) is 36.9 Å². The molecule has 0 saturated carbocycles. The highest BCUT2D eigenvalue weighted by molar-refractivity contribution is 5.47. The highest BCUT2D eigenvalue weighted by atomic mass is 15.1. The summed E-state index contributed by atoms with van der Waals surface area (Å²) in [4.78, 5) is 2.31. The SMILES string of the molecule is C=Cc1ccc(CCN(CCN)CCN)cc1. The molecule has 0 saturated heterocycles. The van der Waals surface area contributed by atoms with Crippen molar-refractivity contribution in [3.63, 3.8) is 0 Å². The summed E-state index contributed by atoms with van der Waals surface area (Å²) in [6.07, 6.45) is 2.90. The molecule has 1 rings (SSSR count). The lowest BCUT2D eigenvalue weighted by atomic mass is 10.1. The molecule has 0 aliphatic carbocycles. The van der Waals surface area contributed by atoms with E-state index in [0.717, 1.165) is 31.6 Å². The van der Waals surface area contributed by atoms with Crippen molar-refractivity contribution in [3.05, 3.63) is 42.0 Å². The van der Waals surface area contributed by atoms with Crippen molar-refractivity contribution < 1.29 is 0 Å². The Labute approximate surface area is 104 Å². The first-order valence-electron chi connectivity index (χ1n) is 6.14. The van der Waals surface area contributed by atoms with Crippen molar-refractivity contribution in [2.45, 2.75) is 6.42 Å². The first-order chi connectivity index (χ1) is 8.30. The van der Waals surface area contributed by atoms with Crippen LogP contribution < -0.4 is 11.5 Å². The molecule has 0 heterocycles. The van der Waals surface area contributed by atoms with Crippen LogP contribution in [0.2, 0.25) is 0 Å². The maximum absolute atomic E-state index is 5.57. The Morgan fingerprint density at radius 1 is 1.00 bits per heavy atom. The fourth-order valence-electron chi connectivity index (χ4n) is 1.81. The van der Waals surface area contributed by atoms with Crippen LogP contribution in [0.15, 0.2) is 30.8 Å². The van der Waals surface area contributed by atoms with Gasteiger partial charge in [0.1, 0.15) is 0 Å². The lowest BCUT2D eigenvalue weighted by molar-refractivity contribution is 0.292. The number of hydrogen-bond donors (Lipinski definition) is 2. The quantitative estimate of drug-likeness (QED) is 0.707. The summed E-state index contributed by atoms with van der Waals surface area (Å²) in [6.45, 7) is 7.98. The molecule has 0 spiro atoms. The molecule has 1 aromatic rings. The summed E-state index contributed by atoms with van der Waals surface area (Å²) < 4.78 is 0. The van der Waals surface area contributed by atoms with Crippen molar-refractivity contribution in [3.8, 4) is 0 Å². The second kappa shape index (κ2) is 8.01. The molecule has 0 fully saturated rings. The monoisotopic (exact) mass is 233 g/mol. The predicted octanol–water partition coefficient (Wildman–Crippen LogP) is 1.09. The van der Waals surface area contributed by atoms with Gasteiger partial charge in [0.25, 0.3) is 0 Å². The highest BCUT2D eigenvalue weighted by Crippen LogP contribution is 2.06. The summed E-state index contributed by atoms with van der Waals surface area (Å²) in [6, 6.07) is 8.50. The maximum Gasteiger partial charge on any atom is 0.0105 e. The molecular formula is C14H23N3. The molecule has 3 nitrogen and oxygen atoms in total. The Hall–Kier alpha value is -1.16.